The summed E-state index contributed by atoms with van der Waals surface area (Å²) in [4.78, 5) is 42.3. The maximum atomic E-state index is 13.0. The Bertz CT molecular complexity index is 892. The van der Waals surface area contributed by atoms with E-state index in [1.54, 1.807) is 53.4 Å². The maximum Gasteiger partial charge on any atom is 0.255 e. The van der Waals surface area contributed by atoms with Crippen LogP contribution in [-0.2, 0) is 4.79 Å². The zero-order valence-electron chi connectivity index (χ0n) is 17.4. The number of anilines is 1. The molecule has 7 nitrogen and oxygen atoms in total. The number of para-hydroxylation sites is 1. The highest BCUT2D eigenvalue weighted by Crippen LogP contribution is 2.17. The van der Waals surface area contributed by atoms with Crippen LogP contribution >= 0.6 is 0 Å². The predicted molar refractivity (Wildman–Crippen MR) is 116 cm³/mol. The van der Waals surface area contributed by atoms with Crippen LogP contribution in [0.5, 0.6) is 0 Å². The van der Waals surface area contributed by atoms with E-state index in [1.165, 1.54) is 0 Å². The van der Waals surface area contributed by atoms with E-state index < -0.39 is 6.04 Å². The largest absolute Gasteiger partial charge is 0.340 e. The molecule has 0 spiro atoms. The molecule has 1 saturated heterocycles. The van der Waals surface area contributed by atoms with E-state index in [1.807, 2.05) is 20.0 Å². The van der Waals surface area contributed by atoms with Crippen LogP contribution in [0.2, 0.25) is 0 Å². The predicted octanol–water partition coefficient (Wildman–Crippen LogP) is 2.22. The first kappa shape index (κ1) is 21.5. The van der Waals surface area contributed by atoms with Crippen molar-refractivity contribution in [1.82, 2.24) is 15.1 Å². The molecule has 2 aromatic carbocycles. The summed E-state index contributed by atoms with van der Waals surface area (Å²) in [6.07, 6.45) is 0.495. The molecule has 1 aliphatic heterocycles. The Hall–Kier alpha value is -3.19. The highest BCUT2D eigenvalue weighted by atomic mass is 16.2. The van der Waals surface area contributed by atoms with Gasteiger partial charge < -0.3 is 20.4 Å². The number of hydrogen-bond donors (Lipinski definition) is 2. The molecule has 0 aliphatic carbocycles. The quantitative estimate of drug-likeness (QED) is 0.768. The van der Waals surface area contributed by atoms with E-state index in [9.17, 15) is 14.4 Å². The highest BCUT2D eigenvalue weighted by Gasteiger charge is 2.27. The lowest BCUT2D eigenvalue weighted by Gasteiger charge is -2.34. The molecular weight excluding hydrogens is 380 g/mol. The summed E-state index contributed by atoms with van der Waals surface area (Å²) in [6, 6.07) is 15.0. The van der Waals surface area contributed by atoms with E-state index in [2.05, 4.69) is 15.5 Å². The van der Waals surface area contributed by atoms with Gasteiger partial charge in [0.25, 0.3) is 11.8 Å². The number of rotatable bonds is 6. The molecule has 30 heavy (non-hydrogen) atoms. The number of nitrogens with one attached hydrogen (secondary N) is 2. The van der Waals surface area contributed by atoms with Gasteiger partial charge in [0.15, 0.2) is 0 Å². The summed E-state index contributed by atoms with van der Waals surface area (Å²) in [5.74, 6) is -0.741. The zero-order chi connectivity index (χ0) is 21.5. The van der Waals surface area contributed by atoms with Crippen LogP contribution in [0.4, 0.5) is 5.69 Å². The second kappa shape index (κ2) is 10.0. The number of piperazine rings is 1. The first-order valence-electron chi connectivity index (χ1n) is 10.2. The first-order chi connectivity index (χ1) is 14.5. The van der Waals surface area contributed by atoms with Gasteiger partial charge in [0.2, 0.25) is 5.91 Å². The van der Waals surface area contributed by atoms with E-state index in [0.29, 0.717) is 36.3 Å². The van der Waals surface area contributed by atoms with Crippen molar-refractivity contribution in [3.8, 4) is 0 Å². The molecule has 7 heteroatoms. The Morgan fingerprint density at radius 3 is 2.20 bits per heavy atom. The van der Waals surface area contributed by atoms with Crippen LogP contribution in [0.25, 0.3) is 0 Å². The molecule has 158 valence electrons. The van der Waals surface area contributed by atoms with Crippen LogP contribution in [0.1, 0.15) is 34.1 Å². The van der Waals surface area contributed by atoms with Crippen molar-refractivity contribution in [3.05, 3.63) is 65.7 Å². The first-order valence-corrected chi connectivity index (χ1v) is 10.2. The van der Waals surface area contributed by atoms with Gasteiger partial charge in [-0.05, 0) is 37.7 Å². The second-order valence-electron chi connectivity index (χ2n) is 7.43. The molecule has 3 rings (SSSR count). The standard InChI is InChI=1S/C23H28N4O3/c1-3-19(23(30)27-15-13-26(2)14-16-27)24-22(29)18-11-7-8-12-20(18)25-21(28)17-9-5-4-6-10-17/h4-12,19H,3,13-16H2,1-2H3,(H,24,29)(H,25,28)/t19-/m0/s1. The molecule has 3 amide bonds. The molecule has 1 fully saturated rings. The number of carbonyl (C=O) groups excluding carboxylic acids is 3. The van der Waals surface area contributed by atoms with Gasteiger partial charge >= 0.3 is 0 Å². The third-order valence-corrected chi connectivity index (χ3v) is 5.28. The van der Waals surface area contributed by atoms with Gasteiger partial charge in [-0.15, -0.1) is 0 Å². The summed E-state index contributed by atoms with van der Waals surface area (Å²) < 4.78 is 0. The van der Waals surface area contributed by atoms with Crippen LogP contribution in [0.15, 0.2) is 54.6 Å². The minimum absolute atomic E-state index is 0.0650. The molecule has 2 aromatic rings. The van der Waals surface area contributed by atoms with Gasteiger partial charge in [0, 0.05) is 31.7 Å². The van der Waals surface area contributed by atoms with E-state index >= 15 is 0 Å². The van der Waals surface area contributed by atoms with Crippen LogP contribution in [-0.4, -0.2) is 66.8 Å². The van der Waals surface area contributed by atoms with Crippen molar-refractivity contribution < 1.29 is 14.4 Å². The van der Waals surface area contributed by atoms with Gasteiger partial charge in [-0.2, -0.15) is 0 Å². The molecule has 0 unspecified atom stereocenters. The minimum atomic E-state index is -0.598. The topological polar surface area (TPSA) is 81.8 Å². The van der Waals surface area contributed by atoms with Crippen LogP contribution in [0, 0.1) is 0 Å². The third-order valence-electron chi connectivity index (χ3n) is 5.28. The Morgan fingerprint density at radius 2 is 1.53 bits per heavy atom. The van der Waals surface area contributed by atoms with E-state index in [-0.39, 0.29) is 17.7 Å². The summed E-state index contributed by atoms with van der Waals surface area (Å²) >= 11 is 0. The van der Waals surface area contributed by atoms with E-state index in [4.69, 9.17) is 0 Å². The van der Waals surface area contributed by atoms with Crippen molar-refractivity contribution in [3.63, 3.8) is 0 Å². The number of carbonyl (C=O) groups is 3. The van der Waals surface area contributed by atoms with Crippen molar-refractivity contribution in [2.45, 2.75) is 19.4 Å². The zero-order valence-corrected chi connectivity index (χ0v) is 17.4. The molecule has 0 aromatic heterocycles. The molecule has 0 radical (unpaired) electrons. The van der Waals surface area contributed by atoms with Gasteiger partial charge in [0.1, 0.15) is 6.04 Å². The fourth-order valence-corrected chi connectivity index (χ4v) is 3.40. The number of benzene rings is 2. The lowest BCUT2D eigenvalue weighted by atomic mass is 10.1. The normalized spacial score (nSPS) is 15.3. The second-order valence-corrected chi connectivity index (χ2v) is 7.43. The summed E-state index contributed by atoms with van der Waals surface area (Å²) in [6.45, 7) is 4.84. The number of nitrogens with zero attached hydrogens (tertiary/aromatic N) is 2. The summed E-state index contributed by atoms with van der Waals surface area (Å²) in [5.41, 5.74) is 1.24. The summed E-state index contributed by atoms with van der Waals surface area (Å²) in [5, 5.41) is 5.65. The molecule has 0 bridgehead atoms. The molecule has 2 N–H and O–H groups in total. The van der Waals surface area contributed by atoms with Gasteiger partial charge in [-0.25, -0.2) is 0 Å². The average molecular weight is 409 g/mol. The van der Waals surface area contributed by atoms with Gasteiger partial charge in [-0.3, -0.25) is 14.4 Å². The fraction of sp³-hybridized carbons (Fsp3) is 0.348. The Morgan fingerprint density at radius 1 is 0.900 bits per heavy atom. The van der Waals surface area contributed by atoms with Crippen LogP contribution < -0.4 is 10.6 Å². The van der Waals surface area contributed by atoms with Crippen LogP contribution in [0.3, 0.4) is 0 Å². The minimum Gasteiger partial charge on any atom is -0.340 e. The molecule has 0 saturated carbocycles. The number of likely N-dealkylation sites (N-methyl/N-ethyl adjacent to an activating group) is 1. The summed E-state index contributed by atoms with van der Waals surface area (Å²) in [7, 11) is 2.03. The lowest BCUT2D eigenvalue weighted by Crippen LogP contribution is -2.54. The molecule has 1 heterocycles. The lowest BCUT2D eigenvalue weighted by molar-refractivity contribution is -0.134. The fourth-order valence-electron chi connectivity index (χ4n) is 3.40. The highest BCUT2D eigenvalue weighted by molar-refractivity contribution is 6.09. The Balaban J connectivity index is 1.70. The van der Waals surface area contributed by atoms with Crippen molar-refractivity contribution in [2.75, 3.05) is 38.5 Å². The maximum absolute atomic E-state index is 13.0. The Kier molecular flexibility index (Phi) is 7.19. The molecular formula is C23H28N4O3. The monoisotopic (exact) mass is 408 g/mol. The third kappa shape index (κ3) is 5.24. The SMILES string of the molecule is CC[C@H](NC(=O)c1ccccc1NC(=O)c1ccccc1)C(=O)N1CCN(C)CC1. The molecule has 1 atom stereocenters. The van der Waals surface area contributed by atoms with Gasteiger partial charge in [0.05, 0.1) is 11.3 Å². The Labute approximate surface area is 177 Å². The average Bonchev–Trinajstić information content (AvgIpc) is 2.78. The van der Waals surface area contributed by atoms with E-state index in [0.717, 1.165) is 13.1 Å². The molecule has 1 aliphatic rings. The van der Waals surface area contributed by atoms with Crippen molar-refractivity contribution in [1.29, 1.82) is 0 Å². The van der Waals surface area contributed by atoms with Gasteiger partial charge in [-0.1, -0.05) is 37.3 Å². The van der Waals surface area contributed by atoms with Crippen molar-refractivity contribution in [2.24, 2.45) is 0 Å². The smallest absolute Gasteiger partial charge is 0.255 e. The number of hydrogen-bond acceptors (Lipinski definition) is 4. The number of amides is 3. The van der Waals surface area contributed by atoms with Crippen molar-refractivity contribution >= 4 is 23.4 Å².